The molecule has 12 nitrogen and oxygen atoms in total. The van der Waals surface area contributed by atoms with Crippen LogP contribution in [0.25, 0.3) is 16.6 Å². The number of piperazine rings is 1. The van der Waals surface area contributed by atoms with Gasteiger partial charge in [-0.25, -0.2) is 19.5 Å². The number of carbonyl (C=O) groups excluding carboxylic acids is 1. The highest BCUT2D eigenvalue weighted by Crippen LogP contribution is 2.40. The predicted octanol–water partition coefficient (Wildman–Crippen LogP) is 4.04. The molecule has 44 heavy (non-hydrogen) atoms. The average molecular weight is 592 g/mol. The zero-order valence-electron chi connectivity index (χ0n) is 24.8. The molecule has 1 fully saturated rings. The number of hydrogen-bond acceptors (Lipinski definition) is 10. The molecule has 2 aromatic carbocycles. The fraction of sp³-hybridized carbons (Fsp3) is 0.281. The summed E-state index contributed by atoms with van der Waals surface area (Å²) in [6.45, 7) is 5.23. The smallest absolute Gasteiger partial charge is 0.246 e. The molecule has 0 unspecified atom stereocenters. The lowest BCUT2D eigenvalue weighted by Crippen LogP contribution is -2.58. The summed E-state index contributed by atoms with van der Waals surface area (Å²) in [6.07, 6.45) is 8.47. The van der Waals surface area contributed by atoms with Gasteiger partial charge in [-0.05, 0) is 56.9 Å². The van der Waals surface area contributed by atoms with Gasteiger partial charge in [-0.2, -0.15) is 5.10 Å². The van der Waals surface area contributed by atoms with Gasteiger partial charge in [0.2, 0.25) is 5.91 Å². The highest BCUT2D eigenvalue weighted by atomic mass is 16.5. The molecule has 2 aliphatic heterocycles. The summed E-state index contributed by atoms with van der Waals surface area (Å²) in [7, 11) is 3.96. The molecule has 5 aromatic rings. The van der Waals surface area contributed by atoms with Crippen LogP contribution in [0.2, 0.25) is 0 Å². The standard InChI is InChI=1S/C32H33N9O3/c1-21-13-22(6-7-28(21)44-24-8-10-41-30(14-24)34-20-36-41)37-32-25-15-27-29(16-26(25)33-19-35-32)43-18-23-17-39(11-12-40(23)27)31(42)5-4-9-38(2)3/h4-8,10,13-16,19-20,23H,9,11-12,17-18H2,1-3H3,(H,33,35,37)/b5-4+/t23-/m0/s1. The second kappa shape index (κ2) is 11.5. The lowest BCUT2D eigenvalue weighted by atomic mass is 10.1. The van der Waals surface area contributed by atoms with Crippen LogP contribution in [0.1, 0.15) is 5.56 Å². The van der Waals surface area contributed by atoms with Gasteiger partial charge in [0.25, 0.3) is 0 Å². The van der Waals surface area contributed by atoms with Crippen molar-refractivity contribution in [2.45, 2.75) is 13.0 Å². The van der Waals surface area contributed by atoms with E-state index in [0.29, 0.717) is 31.3 Å². The third-order valence-corrected chi connectivity index (χ3v) is 7.90. The van der Waals surface area contributed by atoms with Crippen LogP contribution < -0.4 is 19.7 Å². The quantitative estimate of drug-likeness (QED) is 0.278. The van der Waals surface area contributed by atoms with Crippen LogP contribution >= 0.6 is 0 Å². The number of likely N-dealkylation sites (N-methyl/N-ethyl adjacent to an activating group) is 1. The molecular formula is C32H33N9O3. The van der Waals surface area contributed by atoms with Crippen LogP contribution in [-0.2, 0) is 4.79 Å². The molecule has 0 radical (unpaired) electrons. The topological polar surface area (TPSA) is 113 Å². The van der Waals surface area contributed by atoms with Crippen molar-refractivity contribution in [2.24, 2.45) is 0 Å². The Balaban J connectivity index is 1.09. The third kappa shape index (κ3) is 5.47. The first-order chi connectivity index (χ1) is 21.4. The van der Waals surface area contributed by atoms with E-state index in [2.05, 4.69) is 36.3 Å². The molecule has 0 saturated carbocycles. The SMILES string of the molecule is Cc1cc(Nc2ncnc3cc4c(cc23)N2CCN(C(=O)/C=C/CN(C)C)C[C@H]2CO4)ccc1Oc1ccn2ncnc2c1. The number of carbonyl (C=O) groups is 1. The summed E-state index contributed by atoms with van der Waals surface area (Å²) in [6, 6.07) is 13.8. The van der Waals surface area contributed by atoms with Gasteiger partial charge >= 0.3 is 0 Å². The molecule has 3 aromatic heterocycles. The van der Waals surface area contributed by atoms with E-state index in [9.17, 15) is 4.79 Å². The minimum absolute atomic E-state index is 0.0406. The fourth-order valence-corrected chi connectivity index (χ4v) is 5.65. The first kappa shape index (κ1) is 27.6. The van der Waals surface area contributed by atoms with Crippen LogP contribution in [0.3, 0.4) is 0 Å². The Kier molecular flexibility index (Phi) is 7.18. The number of hydrogen-bond donors (Lipinski definition) is 1. The Hall–Kier alpha value is -5.23. The molecule has 5 heterocycles. The number of benzene rings is 2. The maximum absolute atomic E-state index is 12.8. The number of fused-ring (bicyclic) bond motifs is 5. The molecule has 1 N–H and O–H groups in total. The molecule has 0 bridgehead atoms. The summed E-state index contributed by atoms with van der Waals surface area (Å²) in [5, 5.41) is 8.49. The first-order valence-electron chi connectivity index (χ1n) is 14.5. The number of ether oxygens (including phenoxy) is 2. The summed E-state index contributed by atoms with van der Waals surface area (Å²) in [4.78, 5) is 32.4. The maximum atomic E-state index is 12.8. The summed E-state index contributed by atoms with van der Waals surface area (Å²) < 4.78 is 14.0. The van der Waals surface area contributed by atoms with Crippen molar-refractivity contribution in [2.75, 3.05) is 57.1 Å². The van der Waals surface area contributed by atoms with Crippen molar-refractivity contribution < 1.29 is 14.3 Å². The molecule has 224 valence electrons. The van der Waals surface area contributed by atoms with Gasteiger partial charge in [0, 0.05) is 61.7 Å². The molecule has 1 atom stereocenters. The first-order valence-corrected chi connectivity index (χ1v) is 14.5. The molecule has 2 aliphatic rings. The number of aromatic nitrogens is 5. The van der Waals surface area contributed by atoms with Gasteiger partial charge in [-0.3, -0.25) is 4.79 Å². The van der Waals surface area contributed by atoms with Crippen molar-refractivity contribution in [3.05, 3.63) is 79.0 Å². The van der Waals surface area contributed by atoms with Crippen LogP contribution in [0.15, 0.2) is 73.5 Å². The lowest BCUT2D eigenvalue weighted by molar-refractivity contribution is -0.127. The van der Waals surface area contributed by atoms with Gasteiger partial charge < -0.3 is 29.5 Å². The lowest BCUT2D eigenvalue weighted by Gasteiger charge is -2.45. The average Bonchev–Trinajstić information content (AvgIpc) is 3.49. The predicted molar refractivity (Wildman–Crippen MR) is 168 cm³/mol. The zero-order chi connectivity index (χ0) is 30.2. The van der Waals surface area contributed by atoms with Crippen LogP contribution in [0, 0.1) is 6.92 Å². The Morgan fingerprint density at radius 1 is 1.11 bits per heavy atom. The highest BCUT2D eigenvalue weighted by Gasteiger charge is 2.34. The van der Waals surface area contributed by atoms with Gasteiger partial charge in [-0.15, -0.1) is 0 Å². The fourth-order valence-electron chi connectivity index (χ4n) is 5.65. The molecule has 1 amide bonds. The van der Waals surface area contributed by atoms with E-state index < -0.39 is 0 Å². The minimum Gasteiger partial charge on any atom is -0.489 e. The van der Waals surface area contributed by atoms with Crippen molar-refractivity contribution in [1.82, 2.24) is 34.4 Å². The third-order valence-electron chi connectivity index (χ3n) is 7.90. The minimum atomic E-state index is 0.0406. The van der Waals surface area contributed by atoms with E-state index in [-0.39, 0.29) is 11.9 Å². The van der Waals surface area contributed by atoms with E-state index in [0.717, 1.165) is 58.1 Å². The normalized spacial score (nSPS) is 16.3. The Labute approximate surface area is 254 Å². The summed E-state index contributed by atoms with van der Waals surface area (Å²) in [5.74, 6) is 2.97. The van der Waals surface area contributed by atoms with Gasteiger partial charge in [0.05, 0.1) is 17.2 Å². The van der Waals surface area contributed by atoms with E-state index in [1.165, 1.54) is 6.33 Å². The second-order valence-electron chi connectivity index (χ2n) is 11.3. The molecule has 0 spiro atoms. The van der Waals surface area contributed by atoms with E-state index >= 15 is 0 Å². The second-order valence-corrected chi connectivity index (χ2v) is 11.3. The number of anilines is 3. The molecule has 12 heteroatoms. The van der Waals surface area contributed by atoms with Crippen molar-refractivity contribution in [1.29, 1.82) is 0 Å². The number of nitrogens with zero attached hydrogens (tertiary/aromatic N) is 8. The van der Waals surface area contributed by atoms with Gasteiger partial charge in [0.1, 0.15) is 42.3 Å². The monoisotopic (exact) mass is 591 g/mol. The number of nitrogens with one attached hydrogen (secondary N) is 1. The Morgan fingerprint density at radius 3 is 2.89 bits per heavy atom. The van der Waals surface area contributed by atoms with E-state index in [4.69, 9.17) is 9.47 Å². The summed E-state index contributed by atoms with van der Waals surface area (Å²) >= 11 is 0. The number of amides is 1. The van der Waals surface area contributed by atoms with Crippen molar-refractivity contribution in [3.8, 4) is 17.2 Å². The molecule has 7 rings (SSSR count). The van der Waals surface area contributed by atoms with Crippen molar-refractivity contribution in [3.63, 3.8) is 0 Å². The van der Waals surface area contributed by atoms with E-state index in [1.54, 1.807) is 16.9 Å². The van der Waals surface area contributed by atoms with Crippen LogP contribution in [0.4, 0.5) is 17.2 Å². The number of aryl methyl sites for hydroxylation is 1. The van der Waals surface area contributed by atoms with E-state index in [1.807, 2.05) is 79.5 Å². The van der Waals surface area contributed by atoms with Crippen LogP contribution in [-0.4, -0.2) is 93.2 Å². The highest BCUT2D eigenvalue weighted by molar-refractivity contribution is 5.95. The molecule has 1 saturated heterocycles. The van der Waals surface area contributed by atoms with Crippen molar-refractivity contribution >= 4 is 39.6 Å². The maximum Gasteiger partial charge on any atom is 0.246 e. The molecule has 0 aliphatic carbocycles. The molecular weight excluding hydrogens is 558 g/mol. The zero-order valence-corrected chi connectivity index (χ0v) is 24.8. The van der Waals surface area contributed by atoms with Gasteiger partial charge in [-0.1, -0.05) is 6.08 Å². The number of rotatable bonds is 7. The van der Waals surface area contributed by atoms with Gasteiger partial charge in [0.15, 0.2) is 5.65 Å². The largest absolute Gasteiger partial charge is 0.489 e. The summed E-state index contributed by atoms with van der Waals surface area (Å²) in [5.41, 5.74) is 4.35. The Bertz CT molecular complexity index is 1890. The van der Waals surface area contributed by atoms with Crippen LogP contribution in [0.5, 0.6) is 17.2 Å². The Morgan fingerprint density at radius 2 is 2.02 bits per heavy atom. The number of pyridine rings is 1.